The smallest absolute Gasteiger partial charge is 0.394 e. The minimum atomic E-state index is -4.16. The Balaban J connectivity index is 1.35. The predicted octanol–water partition coefficient (Wildman–Crippen LogP) is -0.728. The summed E-state index contributed by atoms with van der Waals surface area (Å²) < 4.78 is 42.8. The van der Waals surface area contributed by atoms with Gasteiger partial charge in [0.05, 0.1) is 25.6 Å². The molecule has 3 aromatic heterocycles. The summed E-state index contributed by atoms with van der Waals surface area (Å²) >= 11 is 0. The molecule has 0 aliphatic carbocycles. The van der Waals surface area contributed by atoms with Gasteiger partial charge in [-0.1, -0.05) is 13.8 Å². The van der Waals surface area contributed by atoms with Crippen molar-refractivity contribution in [3.8, 4) is 0 Å². The lowest BCUT2D eigenvalue weighted by molar-refractivity contribution is -0.0547. The summed E-state index contributed by atoms with van der Waals surface area (Å²) in [6, 6.07) is 0. The summed E-state index contributed by atoms with van der Waals surface area (Å²) in [6.45, 7) is 7.11. The van der Waals surface area contributed by atoms with Crippen molar-refractivity contribution in [2.45, 2.75) is 70.5 Å². The number of fused-ring (bicyclic) bond motifs is 1. The zero-order chi connectivity index (χ0) is 34.0. The highest BCUT2D eigenvalue weighted by Gasteiger charge is 2.45. The van der Waals surface area contributed by atoms with Crippen LogP contribution >= 0.6 is 7.75 Å². The number of H-pyrrole nitrogens is 2. The first-order valence-corrected chi connectivity index (χ1v) is 16.9. The van der Waals surface area contributed by atoms with Gasteiger partial charge in [0.2, 0.25) is 5.95 Å². The number of nitrogens with two attached hydrogens (primary N) is 1. The zero-order valence-electron chi connectivity index (χ0n) is 26.6. The highest BCUT2D eigenvalue weighted by atomic mass is 31.2. The summed E-state index contributed by atoms with van der Waals surface area (Å²) in [4.78, 5) is 51.6. The van der Waals surface area contributed by atoms with Crippen molar-refractivity contribution in [1.29, 1.82) is 0 Å². The summed E-state index contributed by atoms with van der Waals surface area (Å²) in [5, 5.41) is 21.0. The third-order valence-electron chi connectivity index (χ3n) is 8.50. The number of imidazole rings is 1. The lowest BCUT2D eigenvalue weighted by atomic mass is 10.2. The molecule has 5 rings (SSSR count). The van der Waals surface area contributed by atoms with E-state index in [1.54, 1.807) is 14.0 Å². The van der Waals surface area contributed by atoms with Gasteiger partial charge in [-0.25, -0.2) is 19.0 Å². The molecule has 3 aromatic rings. The standard InChI is InChI=1S/C27H42N9O10P/c1-5-34(6-2)8-7-33(4)47(42,43-13-19-16(38)9-20(45-19)35-11-15(3)24(39)32-27(35)41)46-17-10-21(44-18(17)12-37)36-14-29-22-23(36)30-26(28)31-25(22)40/h11,14,16-21,37-38H,5-10,12-13H2,1-4H3,(H,32,39,41)(H3,28,30,31,40)/t16?,17?,18-,19-,20-,21-,47?/m1/s1. The number of likely N-dealkylation sites (N-methyl/N-ethyl adjacent to an activating group) is 2. The first-order valence-electron chi connectivity index (χ1n) is 15.4. The van der Waals surface area contributed by atoms with E-state index in [1.165, 1.54) is 26.3 Å². The monoisotopic (exact) mass is 683 g/mol. The number of hydrogen-bond donors (Lipinski definition) is 5. The predicted molar refractivity (Wildman–Crippen MR) is 168 cm³/mol. The first-order chi connectivity index (χ1) is 22.4. The summed E-state index contributed by atoms with van der Waals surface area (Å²) in [6.07, 6.45) is -2.82. The molecule has 5 heterocycles. The Bertz CT molecular complexity index is 1770. The van der Waals surface area contributed by atoms with E-state index in [1.807, 2.05) is 13.8 Å². The molecular weight excluding hydrogens is 641 g/mol. The Morgan fingerprint density at radius 1 is 1.09 bits per heavy atom. The first kappa shape index (κ1) is 35.1. The molecule has 0 amide bonds. The van der Waals surface area contributed by atoms with Gasteiger partial charge in [0.15, 0.2) is 11.2 Å². The van der Waals surface area contributed by atoms with Gasteiger partial charge in [-0.2, -0.15) is 4.98 Å². The number of aromatic nitrogens is 6. The third kappa shape index (κ3) is 7.43. The summed E-state index contributed by atoms with van der Waals surface area (Å²) in [5.74, 6) is -0.111. The quantitative estimate of drug-likeness (QED) is 0.132. The molecule has 0 radical (unpaired) electrons. The highest BCUT2D eigenvalue weighted by molar-refractivity contribution is 7.51. The van der Waals surface area contributed by atoms with Crippen LogP contribution in [0.25, 0.3) is 11.2 Å². The molecule has 260 valence electrons. The topological polar surface area (TPSA) is 245 Å². The van der Waals surface area contributed by atoms with Crippen LogP contribution in [0.2, 0.25) is 0 Å². The van der Waals surface area contributed by atoms with Crippen molar-refractivity contribution < 1.29 is 33.3 Å². The normalized spacial score (nSPS) is 26.1. The molecule has 2 aliphatic rings. The van der Waals surface area contributed by atoms with Gasteiger partial charge in [0.1, 0.15) is 30.8 Å². The van der Waals surface area contributed by atoms with E-state index in [4.69, 9.17) is 24.3 Å². The molecule has 3 unspecified atom stereocenters. The van der Waals surface area contributed by atoms with Crippen molar-refractivity contribution in [3.05, 3.63) is 49.3 Å². The molecule has 0 spiro atoms. The van der Waals surface area contributed by atoms with E-state index >= 15 is 0 Å². The maximum absolute atomic E-state index is 14.6. The Kier molecular flexibility index (Phi) is 10.8. The van der Waals surface area contributed by atoms with Crippen LogP contribution in [0.1, 0.15) is 44.7 Å². The van der Waals surface area contributed by atoms with E-state index in [0.717, 1.165) is 13.1 Å². The van der Waals surface area contributed by atoms with Crippen molar-refractivity contribution in [2.24, 2.45) is 0 Å². The number of ether oxygens (including phenoxy) is 2. The summed E-state index contributed by atoms with van der Waals surface area (Å²) in [7, 11) is -2.57. The van der Waals surface area contributed by atoms with Crippen molar-refractivity contribution in [2.75, 3.05) is 52.2 Å². The molecule has 19 nitrogen and oxygen atoms in total. The van der Waals surface area contributed by atoms with Gasteiger partial charge in [-0.3, -0.25) is 37.7 Å². The maximum atomic E-state index is 14.6. The number of aliphatic hydroxyl groups is 2. The van der Waals surface area contributed by atoms with Crippen molar-refractivity contribution >= 4 is 24.9 Å². The average Bonchev–Trinajstić information content (AvgIpc) is 3.74. The number of anilines is 1. The van der Waals surface area contributed by atoms with Crippen LogP contribution in [-0.2, 0) is 23.1 Å². The van der Waals surface area contributed by atoms with Crippen molar-refractivity contribution in [1.82, 2.24) is 38.6 Å². The van der Waals surface area contributed by atoms with Crippen LogP contribution in [0.4, 0.5) is 5.95 Å². The van der Waals surface area contributed by atoms with Crippen LogP contribution in [0.3, 0.4) is 0 Å². The minimum Gasteiger partial charge on any atom is -0.394 e. The Hall–Kier alpha value is -3.26. The van der Waals surface area contributed by atoms with E-state index < -0.39 is 68.0 Å². The second-order valence-corrected chi connectivity index (χ2v) is 13.6. The molecule has 0 saturated carbocycles. The van der Waals surface area contributed by atoms with Gasteiger partial charge >= 0.3 is 13.4 Å². The maximum Gasteiger partial charge on any atom is 0.408 e. The summed E-state index contributed by atoms with van der Waals surface area (Å²) in [5.41, 5.74) is 4.51. The van der Waals surface area contributed by atoms with Crippen LogP contribution in [0.5, 0.6) is 0 Å². The number of hydrogen-bond acceptors (Lipinski definition) is 14. The number of aliphatic hydroxyl groups excluding tert-OH is 2. The van der Waals surface area contributed by atoms with E-state index in [2.05, 4.69) is 24.8 Å². The Morgan fingerprint density at radius 3 is 2.49 bits per heavy atom. The van der Waals surface area contributed by atoms with E-state index in [9.17, 15) is 29.2 Å². The number of aryl methyl sites for hydroxylation is 1. The average molecular weight is 684 g/mol. The molecule has 2 fully saturated rings. The molecule has 6 N–H and O–H groups in total. The van der Waals surface area contributed by atoms with Gasteiger partial charge in [-0.15, -0.1) is 0 Å². The number of nitrogens with one attached hydrogen (secondary N) is 2. The Labute approximate surface area is 268 Å². The van der Waals surface area contributed by atoms with Crippen LogP contribution < -0.4 is 22.5 Å². The largest absolute Gasteiger partial charge is 0.408 e. The minimum absolute atomic E-state index is 0.0212. The second kappa shape index (κ2) is 14.5. The third-order valence-corrected chi connectivity index (χ3v) is 10.6. The number of nitrogen functional groups attached to an aromatic ring is 1. The SMILES string of the molecule is CCN(CC)CCN(C)P(=O)(OC[C@H]1O[C@@H](n2cc(C)c(=O)[nH]c2=O)CC1O)OC1C[C@H](n2cnc3c(=O)[nH]c(N)nc32)O[C@@H]1CO. The molecule has 7 atom stereocenters. The number of nitrogens with zero attached hydrogens (tertiary/aromatic N) is 6. The molecule has 47 heavy (non-hydrogen) atoms. The fraction of sp³-hybridized carbons (Fsp3) is 0.667. The molecule has 0 aromatic carbocycles. The molecular formula is C27H42N9O10P. The lowest BCUT2D eigenvalue weighted by Crippen LogP contribution is -2.36. The van der Waals surface area contributed by atoms with Gasteiger partial charge < -0.3 is 30.3 Å². The molecule has 2 aliphatic heterocycles. The van der Waals surface area contributed by atoms with Crippen LogP contribution in [0.15, 0.2) is 26.9 Å². The Morgan fingerprint density at radius 2 is 1.79 bits per heavy atom. The fourth-order valence-corrected chi connectivity index (χ4v) is 7.29. The van der Waals surface area contributed by atoms with E-state index in [0.29, 0.717) is 18.7 Å². The zero-order valence-corrected chi connectivity index (χ0v) is 27.5. The van der Waals surface area contributed by atoms with E-state index in [-0.39, 0.29) is 36.6 Å². The number of rotatable bonds is 14. The second-order valence-electron chi connectivity index (χ2n) is 11.5. The van der Waals surface area contributed by atoms with Gasteiger partial charge in [0, 0.05) is 37.7 Å². The molecule has 2 saturated heterocycles. The highest BCUT2D eigenvalue weighted by Crippen LogP contribution is 2.55. The van der Waals surface area contributed by atoms with Crippen molar-refractivity contribution in [3.63, 3.8) is 0 Å². The fourth-order valence-electron chi connectivity index (χ4n) is 5.63. The molecule has 0 bridgehead atoms. The lowest BCUT2D eigenvalue weighted by Gasteiger charge is -2.32. The van der Waals surface area contributed by atoms with Gasteiger partial charge in [-0.05, 0) is 27.1 Å². The van der Waals surface area contributed by atoms with Crippen LogP contribution in [0, 0.1) is 6.92 Å². The van der Waals surface area contributed by atoms with Crippen LogP contribution in [-0.4, -0.2) is 120 Å². The molecule has 20 heteroatoms. The number of aromatic amines is 2. The van der Waals surface area contributed by atoms with Gasteiger partial charge in [0.25, 0.3) is 11.1 Å².